The van der Waals surface area contributed by atoms with Crippen LogP contribution in [0.3, 0.4) is 0 Å². The second-order valence-corrected chi connectivity index (χ2v) is 6.91. The molecule has 0 aromatic carbocycles. The number of rotatable bonds is 2. The van der Waals surface area contributed by atoms with Gasteiger partial charge in [-0.1, -0.05) is 20.8 Å². The number of nitrogens with zero attached hydrogens (tertiary/aromatic N) is 2. The maximum Gasteiger partial charge on any atom is 0.107 e. The van der Waals surface area contributed by atoms with E-state index in [0.717, 1.165) is 26.2 Å². The second-order valence-electron chi connectivity index (χ2n) is 5.97. The van der Waals surface area contributed by atoms with Crippen molar-refractivity contribution in [1.82, 2.24) is 15.2 Å². The zero-order chi connectivity index (χ0) is 12.5. The summed E-state index contributed by atoms with van der Waals surface area (Å²) in [6.07, 6.45) is 0. The monoisotopic (exact) mass is 325 g/mol. The van der Waals surface area contributed by atoms with Crippen molar-refractivity contribution < 1.29 is 0 Å². The van der Waals surface area contributed by atoms with Gasteiger partial charge in [0.05, 0.1) is 12.2 Å². The minimum atomic E-state index is 0. The van der Waals surface area contributed by atoms with Crippen molar-refractivity contribution in [1.29, 1.82) is 0 Å². The van der Waals surface area contributed by atoms with E-state index in [1.807, 2.05) is 0 Å². The fraction of sp³-hybridized carbons (Fsp3) is 0.769. The van der Waals surface area contributed by atoms with E-state index in [2.05, 4.69) is 43.3 Å². The fourth-order valence-corrected chi connectivity index (χ4v) is 3.14. The lowest BCUT2D eigenvalue weighted by atomic mass is 9.93. The molecule has 0 saturated carbocycles. The van der Waals surface area contributed by atoms with Crippen LogP contribution in [-0.4, -0.2) is 35.6 Å². The van der Waals surface area contributed by atoms with Crippen LogP contribution >= 0.6 is 36.2 Å². The zero-order valence-corrected chi connectivity index (χ0v) is 14.6. The van der Waals surface area contributed by atoms with Crippen LogP contribution < -0.4 is 5.32 Å². The molecule has 0 amide bonds. The summed E-state index contributed by atoms with van der Waals surface area (Å²) in [6, 6.07) is 0.603. The first-order chi connectivity index (χ1) is 7.95. The standard InChI is InChI=1S/C13H23N3S.2ClH/c1-10-7-16(6-5-14-10)8-12-15-11(9-17-12)13(2,3)4;;/h9-10,14H,5-8H2,1-4H3;2*1H. The smallest absolute Gasteiger partial charge is 0.107 e. The van der Waals surface area contributed by atoms with Gasteiger partial charge in [-0.25, -0.2) is 4.98 Å². The van der Waals surface area contributed by atoms with E-state index in [-0.39, 0.29) is 30.2 Å². The van der Waals surface area contributed by atoms with Crippen molar-refractivity contribution in [3.8, 4) is 0 Å². The molecule has 1 aliphatic heterocycles. The lowest BCUT2D eigenvalue weighted by Crippen LogP contribution is -2.48. The largest absolute Gasteiger partial charge is 0.312 e. The average Bonchev–Trinajstić information content (AvgIpc) is 2.65. The summed E-state index contributed by atoms with van der Waals surface area (Å²) in [4.78, 5) is 7.25. The Hall–Kier alpha value is 0.130. The molecule has 19 heavy (non-hydrogen) atoms. The van der Waals surface area contributed by atoms with E-state index in [4.69, 9.17) is 4.98 Å². The summed E-state index contributed by atoms with van der Waals surface area (Å²) in [5.74, 6) is 0. The Labute approximate surface area is 133 Å². The van der Waals surface area contributed by atoms with Gasteiger partial charge in [0, 0.05) is 36.5 Å². The normalized spacial score (nSPS) is 20.5. The van der Waals surface area contributed by atoms with Gasteiger partial charge in [-0.15, -0.1) is 36.2 Å². The first kappa shape index (κ1) is 19.1. The number of hydrogen-bond donors (Lipinski definition) is 1. The molecule has 3 nitrogen and oxygen atoms in total. The molecule has 0 spiro atoms. The molecule has 1 atom stereocenters. The molecular weight excluding hydrogens is 301 g/mol. The summed E-state index contributed by atoms with van der Waals surface area (Å²) in [5.41, 5.74) is 1.39. The van der Waals surface area contributed by atoms with Crippen molar-refractivity contribution in [2.24, 2.45) is 0 Å². The molecule has 0 aliphatic carbocycles. The van der Waals surface area contributed by atoms with Gasteiger partial charge >= 0.3 is 0 Å². The van der Waals surface area contributed by atoms with E-state index in [9.17, 15) is 0 Å². The highest BCUT2D eigenvalue weighted by molar-refractivity contribution is 7.09. The molecule has 2 rings (SSSR count). The molecule has 1 aliphatic rings. The average molecular weight is 326 g/mol. The Morgan fingerprint density at radius 1 is 1.42 bits per heavy atom. The van der Waals surface area contributed by atoms with Crippen LogP contribution in [0, 0.1) is 0 Å². The zero-order valence-electron chi connectivity index (χ0n) is 12.1. The van der Waals surface area contributed by atoms with Gasteiger partial charge in [0.25, 0.3) is 0 Å². The van der Waals surface area contributed by atoms with Gasteiger partial charge in [-0.3, -0.25) is 4.90 Å². The van der Waals surface area contributed by atoms with Crippen LogP contribution in [0.4, 0.5) is 0 Å². The van der Waals surface area contributed by atoms with Crippen molar-refractivity contribution >= 4 is 36.2 Å². The highest BCUT2D eigenvalue weighted by Gasteiger charge is 2.20. The van der Waals surface area contributed by atoms with Crippen LogP contribution in [0.1, 0.15) is 38.4 Å². The Bertz CT molecular complexity index is 376. The van der Waals surface area contributed by atoms with E-state index in [1.165, 1.54) is 10.7 Å². The maximum absolute atomic E-state index is 4.76. The molecule has 6 heteroatoms. The summed E-state index contributed by atoms with van der Waals surface area (Å²) in [5, 5.41) is 6.93. The van der Waals surface area contributed by atoms with Crippen LogP contribution in [0.25, 0.3) is 0 Å². The molecule has 1 unspecified atom stereocenters. The highest BCUT2D eigenvalue weighted by atomic mass is 35.5. The minimum absolute atomic E-state index is 0. The summed E-state index contributed by atoms with van der Waals surface area (Å²) in [6.45, 7) is 13.3. The molecule has 0 radical (unpaired) electrons. The van der Waals surface area contributed by atoms with E-state index >= 15 is 0 Å². The topological polar surface area (TPSA) is 28.2 Å². The summed E-state index contributed by atoms with van der Waals surface area (Å²) in [7, 11) is 0. The predicted molar refractivity (Wildman–Crippen MR) is 88.1 cm³/mol. The van der Waals surface area contributed by atoms with Crippen molar-refractivity contribution in [2.75, 3.05) is 19.6 Å². The van der Waals surface area contributed by atoms with Gasteiger partial charge in [-0.2, -0.15) is 0 Å². The van der Waals surface area contributed by atoms with Crippen LogP contribution in [0.2, 0.25) is 0 Å². The number of piperazine rings is 1. The number of aromatic nitrogens is 1. The molecule has 0 bridgehead atoms. The molecule has 1 fully saturated rings. The Balaban J connectivity index is 0.00000162. The number of nitrogens with one attached hydrogen (secondary N) is 1. The molecule has 1 saturated heterocycles. The van der Waals surface area contributed by atoms with Gasteiger partial charge in [0.1, 0.15) is 5.01 Å². The molecule has 1 N–H and O–H groups in total. The third kappa shape index (κ3) is 5.56. The molecule has 1 aromatic rings. The van der Waals surface area contributed by atoms with Gasteiger partial charge in [-0.05, 0) is 6.92 Å². The van der Waals surface area contributed by atoms with Crippen molar-refractivity contribution in [2.45, 2.75) is 45.7 Å². The number of halogens is 2. The Morgan fingerprint density at radius 2 is 2.11 bits per heavy atom. The first-order valence-corrected chi connectivity index (χ1v) is 7.24. The maximum atomic E-state index is 4.76. The lowest BCUT2D eigenvalue weighted by molar-refractivity contribution is 0.199. The molecule has 1 aromatic heterocycles. The third-order valence-corrected chi connectivity index (χ3v) is 3.97. The van der Waals surface area contributed by atoms with E-state index in [1.54, 1.807) is 11.3 Å². The van der Waals surface area contributed by atoms with Gasteiger partial charge < -0.3 is 5.32 Å². The van der Waals surface area contributed by atoms with E-state index < -0.39 is 0 Å². The lowest BCUT2D eigenvalue weighted by Gasteiger charge is -2.31. The van der Waals surface area contributed by atoms with Crippen molar-refractivity contribution in [3.63, 3.8) is 0 Å². The number of hydrogen-bond acceptors (Lipinski definition) is 4. The van der Waals surface area contributed by atoms with Crippen LogP contribution in [0.5, 0.6) is 0 Å². The third-order valence-electron chi connectivity index (χ3n) is 3.13. The summed E-state index contributed by atoms with van der Waals surface area (Å²) < 4.78 is 0. The molecule has 112 valence electrons. The first-order valence-electron chi connectivity index (χ1n) is 6.36. The van der Waals surface area contributed by atoms with Crippen LogP contribution in [-0.2, 0) is 12.0 Å². The van der Waals surface area contributed by atoms with Crippen LogP contribution in [0.15, 0.2) is 5.38 Å². The molecular formula is C13H25Cl2N3S. The Kier molecular flexibility index (Phi) is 7.85. The fourth-order valence-electron chi connectivity index (χ4n) is 2.08. The van der Waals surface area contributed by atoms with Crippen molar-refractivity contribution in [3.05, 3.63) is 16.1 Å². The van der Waals surface area contributed by atoms with Gasteiger partial charge in [0.15, 0.2) is 0 Å². The summed E-state index contributed by atoms with van der Waals surface area (Å²) >= 11 is 1.80. The predicted octanol–water partition coefficient (Wildman–Crippen LogP) is 3.08. The van der Waals surface area contributed by atoms with E-state index in [0.29, 0.717) is 6.04 Å². The van der Waals surface area contributed by atoms with Gasteiger partial charge in [0.2, 0.25) is 0 Å². The number of thiazole rings is 1. The highest BCUT2D eigenvalue weighted by Crippen LogP contribution is 2.24. The Morgan fingerprint density at radius 3 is 2.63 bits per heavy atom. The molecule has 2 heterocycles. The minimum Gasteiger partial charge on any atom is -0.312 e. The quantitative estimate of drug-likeness (QED) is 0.905. The SMILES string of the molecule is CC1CN(Cc2nc(C(C)(C)C)cs2)CCN1.Cl.Cl. The second kappa shape index (κ2) is 7.79.